The molecule has 0 aromatic carbocycles. The summed E-state index contributed by atoms with van der Waals surface area (Å²) in [5.41, 5.74) is 0. The highest BCUT2D eigenvalue weighted by atomic mass is 16.6. The Labute approximate surface area is 391 Å². The monoisotopic (exact) mass is 885 g/mol. The van der Waals surface area contributed by atoms with E-state index in [0.29, 0.717) is 19.3 Å². The highest BCUT2D eigenvalue weighted by Crippen LogP contribution is 2.15. The molecule has 1 unspecified atom stereocenters. The van der Waals surface area contributed by atoms with Crippen molar-refractivity contribution < 1.29 is 28.6 Å². The van der Waals surface area contributed by atoms with Crippen LogP contribution in [0.25, 0.3) is 0 Å². The Kier molecular flexibility index (Phi) is 50.3. The molecule has 0 aromatic rings. The van der Waals surface area contributed by atoms with Crippen LogP contribution < -0.4 is 0 Å². The van der Waals surface area contributed by atoms with Gasteiger partial charge in [-0.1, -0.05) is 231 Å². The smallest absolute Gasteiger partial charge is 0.306 e. The van der Waals surface area contributed by atoms with Crippen LogP contribution in [0.4, 0.5) is 0 Å². The molecule has 0 aliphatic rings. The summed E-state index contributed by atoms with van der Waals surface area (Å²) in [4.78, 5) is 38.0. The molecule has 0 heterocycles. The van der Waals surface area contributed by atoms with Gasteiger partial charge in [0.1, 0.15) is 13.2 Å². The SMILES string of the molecule is CCCCC/C=C\C/C=C\CCCCCCCCCCCC(=O)OCC(COC(=O)CCCCCCCCCCCCC)OC(=O)CCCCCCC/C=C\CCCCCCCC. The minimum Gasteiger partial charge on any atom is -0.462 e. The zero-order valence-electron chi connectivity index (χ0n) is 42.1. The van der Waals surface area contributed by atoms with Crippen LogP contribution in [-0.4, -0.2) is 37.2 Å². The Hall–Kier alpha value is -2.37. The normalized spacial score (nSPS) is 12.2. The van der Waals surface area contributed by atoms with E-state index in [0.717, 1.165) is 70.6 Å². The van der Waals surface area contributed by atoms with Crippen LogP contribution in [0.5, 0.6) is 0 Å². The number of carbonyl (C=O) groups is 3. The van der Waals surface area contributed by atoms with E-state index in [2.05, 4.69) is 57.2 Å². The molecule has 0 spiro atoms. The van der Waals surface area contributed by atoms with Crippen molar-refractivity contribution >= 4 is 17.9 Å². The van der Waals surface area contributed by atoms with E-state index in [4.69, 9.17) is 14.2 Å². The quantitative estimate of drug-likeness (QED) is 0.0262. The van der Waals surface area contributed by atoms with Crippen LogP contribution >= 0.6 is 0 Å². The lowest BCUT2D eigenvalue weighted by Gasteiger charge is -2.18. The van der Waals surface area contributed by atoms with Gasteiger partial charge in [0.25, 0.3) is 0 Å². The largest absolute Gasteiger partial charge is 0.462 e. The van der Waals surface area contributed by atoms with Gasteiger partial charge in [0, 0.05) is 19.3 Å². The summed E-state index contributed by atoms with van der Waals surface area (Å²) in [5.74, 6) is -0.874. The van der Waals surface area contributed by atoms with Crippen LogP contribution in [-0.2, 0) is 28.6 Å². The minimum atomic E-state index is -0.774. The zero-order valence-corrected chi connectivity index (χ0v) is 42.1. The van der Waals surface area contributed by atoms with E-state index in [1.807, 2.05) is 0 Å². The third-order valence-corrected chi connectivity index (χ3v) is 12.1. The van der Waals surface area contributed by atoms with Gasteiger partial charge in [-0.15, -0.1) is 0 Å². The Morgan fingerprint density at radius 1 is 0.317 bits per heavy atom. The summed E-state index contributed by atoms with van der Waals surface area (Å²) >= 11 is 0. The molecule has 63 heavy (non-hydrogen) atoms. The van der Waals surface area contributed by atoms with Crippen molar-refractivity contribution in [1.82, 2.24) is 0 Å². The number of ether oxygens (including phenoxy) is 3. The summed E-state index contributed by atoms with van der Waals surface area (Å²) in [6, 6.07) is 0. The Morgan fingerprint density at radius 2 is 0.571 bits per heavy atom. The number of esters is 3. The first kappa shape index (κ1) is 60.6. The molecule has 0 amide bonds. The van der Waals surface area contributed by atoms with Crippen LogP contribution in [0.2, 0.25) is 0 Å². The Balaban J connectivity index is 4.32. The second-order valence-corrected chi connectivity index (χ2v) is 18.5. The van der Waals surface area contributed by atoms with Gasteiger partial charge in [-0.25, -0.2) is 0 Å². The number of allylic oxidation sites excluding steroid dienone is 6. The van der Waals surface area contributed by atoms with Crippen molar-refractivity contribution in [3.63, 3.8) is 0 Å². The van der Waals surface area contributed by atoms with Gasteiger partial charge >= 0.3 is 17.9 Å². The highest BCUT2D eigenvalue weighted by molar-refractivity contribution is 5.71. The van der Waals surface area contributed by atoms with Crippen LogP contribution in [0.15, 0.2) is 36.5 Å². The molecule has 1 atom stereocenters. The zero-order chi connectivity index (χ0) is 45.8. The first-order chi connectivity index (χ1) is 31.0. The third kappa shape index (κ3) is 50.5. The molecule has 0 rings (SSSR count). The van der Waals surface area contributed by atoms with Gasteiger partial charge in [-0.05, 0) is 77.0 Å². The minimum absolute atomic E-state index is 0.0736. The standard InChI is InChI=1S/C57H104O6/c1-4-7-10-13-16-19-22-24-26-27-28-29-31-32-35-38-41-44-47-50-56(59)62-53-54(52-61-55(58)49-46-43-40-37-34-21-18-15-12-9-6-3)63-57(60)51-48-45-42-39-36-33-30-25-23-20-17-14-11-8-5-2/h16,19,24-26,30,54H,4-15,17-18,20-23,27-29,31-53H2,1-3H3/b19-16-,26-24-,30-25-. The molecule has 0 aromatic heterocycles. The third-order valence-electron chi connectivity index (χ3n) is 12.1. The maximum absolute atomic E-state index is 12.8. The van der Waals surface area contributed by atoms with Gasteiger partial charge in [0.2, 0.25) is 0 Å². The van der Waals surface area contributed by atoms with Crippen molar-refractivity contribution in [1.29, 1.82) is 0 Å². The number of hydrogen-bond donors (Lipinski definition) is 0. The molecule has 0 aliphatic heterocycles. The molecule has 0 fully saturated rings. The fraction of sp³-hybridized carbons (Fsp3) is 0.842. The van der Waals surface area contributed by atoms with Gasteiger partial charge in [-0.2, -0.15) is 0 Å². The maximum atomic E-state index is 12.8. The maximum Gasteiger partial charge on any atom is 0.306 e. The number of rotatable bonds is 50. The van der Waals surface area contributed by atoms with Crippen molar-refractivity contribution in [3.8, 4) is 0 Å². The molecule has 0 saturated carbocycles. The van der Waals surface area contributed by atoms with E-state index in [1.54, 1.807) is 0 Å². The molecular weight excluding hydrogens is 781 g/mol. The Morgan fingerprint density at radius 3 is 0.921 bits per heavy atom. The molecule has 0 bridgehead atoms. The molecule has 0 aliphatic carbocycles. The van der Waals surface area contributed by atoms with E-state index in [1.165, 1.54) is 180 Å². The van der Waals surface area contributed by atoms with Crippen molar-refractivity contribution in [2.75, 3.05) is 13.2 Å². The molecule has 6 nitrogen and oxygen atoms in total. The first-order valence-corrected chi connectivity index (χ1v) is 27.5. The predicted molar refractivity (Wildman–Crippen MR) is 270 cm³/mol. The lowest BCUT2D eigenvalue weighted by atomic mass is 10.1. The highest BCUT2D eigenvalue weighted by Gasteiger charge is 2.19. The lowest BCUT2D eigenvalue weighted by Crippen LogP contribution is -2.30. The van der Waals surface area contributed by atoms with Crippen molar-refractivity contribution in [3.05, 3.63) is 36.5 Å². The topological polar surface area (TPSA) is 78.9 Å². The number of carbonyl (C=O) groups excluding carboxylic acids is 3. The van der Waals surface area contributed by atoms with Crippen molar-refractivity contribution in [2.24, 2.45) is 0 Å². The molecule has 0 saturated heterocycles. The summed E-state index contributed by atoms with van der Waals surface area (Å²) in [6.45, 7) is 6.62. The molecule has 0 N–H and O–H groups in total. The average molecular weight is 885 g/mol. The van der Waals surface area contributed by atoms with Crippen LogP contribution in [0, 0.1) is 0 Å². The fourth-order valence-corrected chi connectivity index (χ4v) is 7.94. The Bertz CT molecular complexity index is 1060. The van der Waals surface area contributed by atoms with Gasteiger partial charge in [0.05, 0.1) is 0 Å². The summed E-state index contributed by atoms with van der Waals surface area (Å²) < 4.78 is 16.8. The van der Waals surface area contributed by atoms with Gasteiger partial charge in [-0.3, -0.25) is 14.4 Å². The molecule has 0 radical (unpaired) electrons. The van der Waals surface area contributed by atoms with E-state index in [9.17, 15) is 14.4 Å². The molecule has 368 valence electrons. The summed E-state index contributed by atoms with van der Waals surface area (Å²) in [5, 5.41) is 0. The van der Waals surface area contributed by atoms with Gasteiger partial charge in [0.15, 0.2) is 6.10 Å². The number of hydrogen-bond acceptors (Lipinski definition) is 6. The fourth-order valence-electron chi connectivity index (χ4n) is 7.94. The predicted octanol–water partition coefficient (Wildman–Crippen LogP) is 18.1. The van der Waals surface area contributed by atoms with Crippen LogP contribution in [0.1, 0.15) is 290 Å². The molecular formula is C57H104O6. The van der Waals surface area contributed by atoms with Gasteiger partial charge < -0.3 is 14.2 Å². The first-order valence-electron chi connectivity index (χ1n) is 27.5. The van der Waals surface area contributed by atoms with Crippen LogP contribution in [0.3, 0.4) is 0 Å². The van der Waals surface area contributed by atoms with E-state index >= 15 is 0 Å². The van der Waals surface area contributed by atoms with E-state index < -0.39 is 6.10 Å². The second-order valence-electron chi connectivity index (χ2n) is 18.5. The lowest BCUT2D eigenvalue weighted by molar-refractivity contribution is -0.167. The number of unbranched alkanes of at least 4 members (excludes halogenated alkanes) is 33. The summed E-state index contributed by atoms with van der Waals surface area (Å²) in [6.07, 6.45) is 61.3. The van der Waals surface area contributed by atoms with Crippen molar-refractivity contribution in [2.45, 2.75) is 297 Å². The van der Waals surface area contributed by atoms with E-state index in [-0.39, 0.29) is 31.1 Å². The second kappa shape index (κ2) is 52.3. The molecule has 6 heteroatoms. The summed E-state index contributed by atoms with van der Waals surface area (Å²) in [7, 11) is 0. The average Bonchev–Trinajstić information content (AvgIpc) is 3.28.